The van der Waals surface area contributed by atoms with Crippen LogP contribution in [0.15, 0.2) is 0 Å². The van der Waals surface area contributed by atoms with Crippen molar-refractivity contribution in [1.82, 2.24) is 0 Å². The number of hydrogen-bond donors (Lipinski definition) is 3. The minimum absolute atomic E-state index is 0.597. The van der Waals surface area contributed by atoms with Crippen LogP contribution in [0.4, 0.5) is 0 Å². The Morgan fingerprint density at radius 3 is 1.03 bits per heavy atom. The average molecular weight is 505 g/mol. The minimum Gasteiger partial charge on any atom is -0.374 e. The molecule has 0 aliphatic carbocycles. The summed E-state index contributed by atoms with van der Waals surface area (Å²) in [7, 11) is -4.66. The second kappa shape index (κ2) is 26.7. The highest BCUT2D eigenvalue weighted by Crippen LogP contribution is 2.18. The average Bonchev–Trinajstić information content (AvgIpc) is 2.74. The van der Waals surface area contributed by atoms with Crippen LogP contribution >= 0.6 is 12.6 Å². The molecule has 0 spiro atoms. The molecule has 0 aliphatic heterocycles. The molecule has 0 unspecified atom stereocenters. The molecule has 0 atom stereocenters. The summed E-state index contributed by atoms with van der Waals surface area (Å²) in [6.45, 7) is 19.2. The first-order valence-corrected chi connectivity index (χ1v) is 16.2. The third-order valence-electron chi connectivity index (χ3n) is 3.55. The Morgan fingerprint density at radius 2 is 0.839 bits per heavy atom. The summed E-state index contributed by atoms with van der Waals surface area (Å²) in [6, 6.07) is 1.79. The van der Waals surface area contributed by atoms with E-state index < -0.39 is 17.6 Å². The lowest BCUT2D eigenvalue weighted by Gasteiger charge is -2.28. The van der Waals surface area contributed by atoms with E-state index in [9.17, 15) is 0 Å². The first kappa shape index (κ1) is 36.0. The molecule has 11 heteroatoms. The van der Waals surface area contributed by atoms with Crippen molar-refractivity contribution >= 4 is 30.2 Å². The van der Waals surface area contributed by atoms with Crippen LogP contribution in [0, 0.1) is 0 Å². The fourth-order valence-electron chi connectivity index (χ4n) is 2.60. The van der Waals surface area contributed by atoms with E-state index in [1.165, 1.54) is 0 Å². The van der Waals surface area contributed by atoms with E-state index in [0.29, 0.717) is 52.7 Å². The molecule has 192 valence electrons. The fraction of sp³-hybridized carbons (Fsp3) is 1.00. The molecule has 0 aromatic rings. The van der Waals surface area contributed by atoms with Gasteiger partial charge < -0.3 is 38.0 Å². The maximum absolute atomic E-state index is 5.67. The van der Waals surface area contributed by atoms with Crippen molar-refractivity contribution in [3.63, 3.8) is 0 Å². The first-order chi connectivity index (χ1) is 14.9. The Labute approximate surface area is 200 Å². The third-order valence-corrected chi connectivity index (χ3v) is 10.3. The molecule has 0 saturated heterocycles. The van der Waals surface area contributed by atoms with Gasteiger partial charge in [0.2, 0.25) is 0 Å². The molecule has 31 heavy (non-hydrogen) atoms. The highest BCUT2D eigenvalue weighted by molar-refractivity contribution is 7.80. The van der Waals surface area contributed by atoms with E-state index in [0.717, 1.165) is 30.7 Å². The van der Waals surface area contributed by atoms with E-state index in [2.05, 4.69) is 19.6 Å². The van der Waals surface area contributed by atoms with Gasteiger partial charge >= 0.3 is 17.6 Å². The molecule has 0 rings (SSSR count). The maximum atomic E-state index is 5.67. The molecule has 0 saturated carbocycles. The van der Waals surface area contributed by atoms with E-state index in [4.69, 9.17) is 38.0 Å². The number of nitrogens with two attached hydrogens (primary N) is 2. The SMILES string of the molecule is CCC[Si](OCC)(OCC)OCC.CCO[Si](CCCS)(OCC)OCC.NCCN. The second-order valence-electron chi connectivity index (χ2n) is 6.12. The fourth-order valence-corrected chi connectivity index (χ4v) is 8.29. The summed E-state index contributed by atoms with van der Waals surface area (Å²) in [5.41, 5.74) is 9.81. The molecular weight excluding hydrogens is 452 g/mol. The van der Waals surface area contributed by atoms with Gasteiger partial charge in [0.1, 0.15) is 0 Å². The number of hydrogen-bond acceptors (Lipinski definition) is 9. The highest BCUT2D eigenvalue weighted by Gasteiger charge is 2.39. The van der Waals surface area contributed by atoms with Gasteiger partial charge in [-0.15, -0.1) is 0 Å². The van der Waals surface area contributed by atoms with Crippen LogP contribution in [0.3, 0.4) is 0 Å². The molecule has 0 bridgehead atoms. The van der Waals surface area contributed by atoms with Crippen LogP contribution in [0.2, 0.25) is 12.1 Å². The maximum Gasteiger partial charge on any atom is 0.500 e. The van der Waals surface area contributed by atoms with E-state index in [1.807, 2.05) is 41.5 Å². The van der Waals surface area contributed by atoms with Crippen molar-refractivity contribution < 1.29 is 26.6 Å². The van der Waals surface area contributed by atoms with Crippen LogP contribution in [-0.2, 0) is 26.6 Å². The Balaban J connectivity index is -0.000000432. The molecule has 0 aliphatic rings. The molecule has 0 aromatic heterocycles. The van der Waals surface area contributed by atoms with Crippen molar-refractivity contribution in [2.24, 2.45) is 11.5 Å². The van der Waals surface area contributed by atoms with Gasteiger partial charge in [-0.2, -0.15) is 12.6 Å². The zero-order chi connectivity index (χ0) is 24.4. The number of rotatable bonds is 18. The summed E-state index contributed by atoms with van der Waals surface area (Å²) < 4.78 is 34.0. The van der Waals surface area contributed by atoms with Crippen molar-refractivity contribution in [3.8, 4) is 0 Å². The summed E-state index contributed by atoms with van der Waals surface area (Å²) >= 11 is 4.19. The van der Waals surface area contributed by atoms with Gasteiger partial charge in [0.25, 0.3) is 0 Å². The summed E-state index contributed by atoms with van der Waals surface area (Å²) in [6.07, 6.45) is 2.03. The third kappa shape index (κ3) is 20.8. The Hall–Kier alpha value is 0.464. The normalized spacial score (nSPS) is 11.4. The molecule has 0 amide bonds. The number of thiol groups is 1. The standard InChI is InChI=1S/C9H22O3SSi.C9H22O3Si.C2H8N2/c1-4-10-14(11-5-2,12-6-3)9-7-8-13;1-5-9-13(10-6-2,11-7-3)12-8-4;3-1-2-4/h13H,4-9H2,1-3H3;5-9H2,1-4H3;1-4H2. The molecule has 4 N–H and O–H groups in total. The van der Waals surface area contributed by atoms with Gasteiger partial charge in [0.05, 0.1) is 0 Å². The summed E-state index contributed by atoms with van der Waals surface area (Å²) in [4.78, 5) is 0. The molecule has 0 heterocycles. The molecule has 0 radical (unpaired) electrons. The largest absolute Gasteiger partial charge is 0.500 e. The van der Waals surface area contributed by atoms with Gasteiger partial charge in [-0.3, -0.25) is 0 Å². The lowest BCUT2D eigenvalue weighted by molar-refractivity contribution is 0.0704. The predicted octanol–water partition coefficient (Wildman–Crippen LogP) is 3.70. The van der Waals surface area contributed by atoms with Gasteiger partial charge in [-0.05, 0) is 53.7 Å². The van der Waals surface area contributed by atoms with Gasteiger partial charge in [-0.25, -0.2) is 0 Å². The topological polar surface area (TPSA) is 107 Å². The predicted molar refractivity (Wildman–Crippen MR) is 138 cm³/mol. The van der Waals surface area contributed by atoms with E-state index in [1.54, 1.807) is 0 Å². The van der Waals surface area contributed by atoms with E-state index in [-0.39, 0.29) is 0 Å². The van der Waals surface area contributed by atoms with Crippen LogP contribution < -0.4 is 11.5 Å². The Kier molecular flexibility index (Phi) is 31.1. The van der Waals surface area contributed by atoms with Gasteiger partial charge in [0, 0.05) is 64.8 Å². The molecule has 0 fully saturated rings. The Bertz CT molecular complexity index is 302. The quantitative estimate of drug-likeness (QED) is 0.192. The van der Waals surface area contributed by atoms with Gasteiger partial charge in [0.15, 0.2) is 0 Å². The zero-order valence-corrected chi connectivity index (χ0v) is 24.1. The Morgan fingerprint density at radius 1 is 0.548 bits per heavy atom. The molecule has 0 aromatic carbocycles. The lowest BCUT2D eigenvalue weighted by atomic mass is 10.6. The van der Waals surface area contributed by atoms with Crippen molar-refractivity contribution in [3.05, 3.63) is 0 Å². The summed E-state index contributed by atoms with van der Waals surface area (Å²) in [5, 5.41) is 0. The summed E-state index contributed by atoms with van der Waals surface area (Å²) in [5.74, 6) is 0.849. The van der Waals surface area contributed by atoms with Crippen molar-refractivity contribution in [2.75, 3.05) is 58.5 Å². The lowest BCUT2D eigenvalue weighted by Crippen LogP contribution is -2.46. The molecule has 8 nitrogen and oxygen atoms in total. The highest BCUT2D eigenvalue weighted by atomic mass is 32.1. The van der Waals surface area contributed by atoms with Gasteiger partial charge in [-0.1, -0.05) is 13.3 Å². The second-order valence-corrected chi connectivity index (χ2v) is 12.0. The van der Waals surface area contributed by atoms with Crippen LogP contribution in [0.5, 0.6) is 0 Å². The molecular formula is C20H52N2O6SSi2. The first-order valence-electron chi connectivity index (χ1n) is 11.7. The van der Waals surface area contributed by atoms with Crippen LogP contribution in [0.1, 0.15) is 61.3 Å². The van der Waals surface area contributed by atoms with Crippen molar-refractivity contribution in [1.29, 1.82) is 0 Å². The smallest absolute Gasteiger partial charge is 0.374 e. The van der Waals surface area contributed by atoms with Crippen LogP contribution in [-0.4, -0.2) is 76.1 Å². The van der Waals surface area contributed by atoms with Crippen LogP contribution in [0.25, 0.3) is 0 Å². The monoisotopic (exact) mass is 504 g/mol. The minimum atomic E-state index is -2.37. The van der Waals surface area contributed by atoms with E-state index >= 15 is 0 Å². The van der Waals surface area contributed by atoms with Crippen molar-refractivity contribution in [2.45, 2.75) is 73.4 Å². The zero-order valence-electron chi connectivity index (χ0n) is 21.2.